The second-order valence-electron chi connectivity index (χ2n) is 8.84. The van der Waals surface area contributed by atoms with Crippen molar-refractivity contribution in [2.24, 2.45) is 12.8 Å². The summed E-state index contributed by atoms with van der Waals surface area (Å²) in [4.78, 5) is 21.6. The molecule has 0 spiro atoms. The van der Waals surface area contributed by atoms with Gasteiger partial charge in [0.2, 0.25) is 0 Å². The van der Waals surface area contributed by atoms with Gasteiger partial charge in [-0.05, 0) is 46.2 Å². The molecule has 0 aliphatic carbocycles. The number of piperazine rings is 1. The maximum Gasteiger partial charge on any atom is 0.410 e. The third kappa shape index (κ3) is 3.14. The lowest BCUT2D eigenvalue weighted by Crippen LogP contribution is -2.50. The Balaban J connectivity index is 1.61. The number of rotatable bonds is 2. The minimum atomic E-state index is -0.470. The van der Waals surface area contributed by atoms with E-state index in [0.717, 1.165) is 35.4 Å². The highest BCUT2D eigenvalue weighted by atomic mass is 16.6. The molecule has 27 heavy (non-hydrogen) atoms. The highest BCUT2D eigenvalue weighted by molar-refractivity contribution is 5.81. The lowest BCUT2D eigenvalue weighted by molar-refractivity contribution is 0.0214. The molecule has 4 rings (SSSR count). The van der Waals surface area contributed by atoms with Crippen LogP contribution in [0.15, 0.2) is 18.3 Å². The second kappa shape index (κ2) is 6.12. The van der Waals surface area contributed by atoms with Crippen molar-refractivity contribution in [3.8, 4) is 0 Å². The Labute approximate surface area is 160 Å². The number of anilines is 1. The van der Waals surface area contributed by atoms with Gasteiger partial charge in [0.25, 0.3) is 0 Å². The van der Waals surface area contributed by atoms with Crippen LogP contribution >= 0.6 is 0 Å². The summed E-state index contributed by atoms with van der Waals surface area (Å²) in [6, 6.07) is 4.52. The average Bonchev–Trinajstić information content (AvgIpc) is 3.26. The Hall–Kier alpha value is -2.28. The van der Waals surface area contributed by atoms with E-state index >= 15 is 0 Å². The third-order valence-electron chi connectivity index (χ3n) is 5.48. The molecule has 146 valence electrons. The zero-order valence-corrected chi connectivity index (χ0v) is 16.8. The minimum absolute atomic E-state index is 0.148. The summed E-state index contributed by atoms with van der Waals surface area (Å²) in [5.41, 5.74) is 9.85. The van der Waals surface area contributed by atoms with Crippen molar-refractivity contribution >= 4 is 22.8 Å². The summed E-state index contributed by atoms with van der Waals surface area (Å²) in [5.74, 6) is 0. The van der Waals surface area contributed by atoms with Gasteiger partial charge in [0.1, 0.15) is 5.60 Å². The Bertz CT molecular complexity index is 882. The molecule has 0 aromatic carbocycles. The van der Waals surface area contributed by atoms with E-state index in [9.17, 15) is 4.79 Å². The molecule has 0 unspecified atom stereocenters. The number of hydrogen-bond donors (Lipinski definition) is 1. The fraction of sp³-hybridized carbons (Fsp3) is 0.600. The van der Waals surface area contributed by atoms with E-state index in [2.05, 4.69) is 15.5 Å². The van der Waals surface area contributed by atoms with E-state index < -0.39 is 5.60 Å². The van der Waals surface area contributed by atoms with Crippen molar-refractivity contribution in [1.82, 2.24) is 14.5 Å². The van der Waals surface area contributed by atoms with Gasteiger partial charge in [0.15, 0.2) is 0 Å². The molecule has 2 fully saturated rings. The number of ether oxygens (including phenoxy) is 1. The van der Waals surface area contributed by atoms with Gasteiger partial charge in [-0.2, -0.15) is 0 Å². The van der Waals surface area contributed by atoms with Gasteiger partial charge in [0, 0.05) is 38.4 Å². The number of amides is 1. The summed E-state index contributed by atoms with van der Waals surface area (Å²) < 4.78 is 7.65. The van der Waals surface area contributed by atoms with Crippen LogP contribution in [-0.4, -0.2) is 51.3 Å². The molecule has 2 bridgehead atoms. The highest BCUT2D eigenvalue weighted by Crippen LogP contribution is 2.38. The maximum absolute atomic E-state index is 12.5. The number of carbonyl (C=O) groups is 1. The number of nitrogens with zero attached hydrogens (tertiary/aromatic N) is 4. The summed E-state index contributed by atoms with van der Waals surface area (Å²) in [7, 11) is 2.03. The Morgan fingerprint density at radius 3 is 2.67 bits per heavy atom. The van der Waals surface area contributed by atoms with Gasteiger partial charge >= 0.3 is 6.09 Å². The molecule has 0 saturated carbocycles. The van der Waals surface area contributed by atoms with Crippen molar-refractivity contribution in [3.05, 3.63) is 24.0 Å². The van der Waals surface area contributed by atoms with Crippen LogP contribution in [0, 0.1) is 0 Å². The molecule has 7 nitrogen and oxygen atoms in total. The van der Waals surface area contributed by atoms with Gasteiger partial charge in [-0.1, -0.05) is 0 Å². The highest BCUT2D eigenvalue weighted by Gasteiger charge is 2.47. The molecule has 2 aromatic rings. The van der Waals surface area contributed by atoms with Crippen molar-refractivity contribution in [3.63, 3.8) is 0 Å². The summed E-state index contributed by atoms with van der Waals surface area (Å²) in [6.45, 7) is 9.16. The van der Waals surface area contributed by atoms with Gasteiger partial charge in [-0.15, -0.1) is 0 Å². The van der Waals surface area contributed by atoms with Gasteiger partial charge in [0.05, 0.1) is 28.5 Å². The van der Waals surface area contributed by atoms with Crippen LogP contribution in [0.25, 0.3) is 11.0 Å². The lowest BCUT2D eigenvalue weighted by Gasteiger charge is -2.37. The van der Waals surface area contributed by atoms with Crippen molar-refractivity contribution in [1.29, 1.82) is 0 Å². The molecule has 4 heterocycles. The molecular weight excluding hydrogens is 342 g/mol. The number of aromatic nitrogens is 2. The monoisotopic (exact) mass is 371 g/mol. The summed E-state index contributed by atoms with van der Waals surface area (Å²) in [6.07, 6.45) is 2.77. The van der Waals surface area contributed by atoms with Crippen LogP contribution in [0.2, 0.25) is 0 Å². The quantitative estimate of drug-likeness (QED) is 0.878. The van der Waals surface area contributed by atoms with Crippen LogP contribution in [0.4, 0.5) is 10.5 Å². The molecule has 2 aromatic heterocycles. The Kier molecular flexibility index (Phi) is 4.10. The van der Waals surface area contributed by atoms with Crippen LogP contribution in [-0.2, 0) is 11.8 Å². The van der Waals surface area contributed by atoms with E-state index in [-0.39, 0.29) is 24.2 Å². The fourth-order valence-corrected chi connectivity index (χ4v) is 4.26. The lowest BCUT2D eigenvalue weighted by atomic mass is 10.1. The van der Waals surface area contributed by atoms with Crippen LogP contribution in [0.5, 0.6) is 0 Å². The third-order valence-corrected chi connectivity index (χ3v) is 5.48. The summed E-state index contributed by atoms with van der Waals surface area (Å²) >= 11 is 0. The molecule has 2 saturated heterocycles. The molecular formula is C20H29N5O2. The zero-order chi connectivity index (χ0) is 19.5. The first kappa shape index (κ1) is 18.1. The summed E-state index contributed by atoms with van der Waals surface area (Å²) in [5, 5.41) is 0. The molecule has 7 heteroatoms. The van der Waals surface area contributed by atoms with Crippen molar-refractivity contribution in [2.75, 3.05) is 18.0 Å². The number of hydrogen-bond acceptors (Lipinski definition) is 5. The Morgan fingerprint density at radius 1 is 1.33 bits per heavy atom. The minimum Gasteiger partial charge on any atom is -0.444 e. The van der Waals surface area contributed by atoms with Crippen LogP contribution in [0.1, 0.15) is 45.9 Å². The second-order valence-corrected chi connectivity index (χ2v) is 8.84. The maximum atomic E-state index is 12.5. The number of pyridine rings is 1. The molecule has 2 N–H and O–H groups in total. The predicted molar refractivity (Wildman–Crippen MR) is 106 cm³/mol. The number of likely N-dealkylation sites (tertiary alicyclic amines) is 1. The van der Waals surface area contributed by atoms with E-state index in [0.29, 0.717) is 6.54 Å². The normalized spacial score (nSPS) is 23.3. The van der Waals surface area contributed by atoms with E-state index in [1.54, 1.807) is 0 Å². The average molecular weight is 371 g/mol. The standard InChI is InChI=1S/C20H29N5O2/c1-12(21)18-17(9-16-15(22-18)6-7-23(16)5)24-10-14-8-13(24)11-25(14)19(26)27-20(2,3)4/h6-7,9,12-14H,8,10-11,21H2,1-5H3/t12-,13-,14-/m0/s1. The van der Waals surface area contributed by atoms with Crippen LogP contribution in [0.3, 0.4) is 0 Å². The van der Waals surface area contributed by atoms with Gasteiger partial charge in [-0.25, -0.2) is 9.78 Å². The van der Waals surface area contributed by atoms with Gasteiger partial charge in [-0.3, -0.25) is 0 Å². The van der Waals surface area contributed by atoms with E-state index in [1.165, 1.54) is 0 Å². The number of carbonyl (C=O) groups excluding carboxylic acids is 1. The first-order valence-electron chi connectivity index (χ1n) is 9.62. The number of fused-ring (bicyclic) bond motifs is 3. The van der Waals surface area contributed by atoms with E-state index in [4.69, 9.17) is 15.5 Å². The first-order valence-corrected chi connectivity index (χ1v) is 9.62. The molecule has 2 aliphatic rings. The largest absolute Gasteiger partial charge is 0.444 e. The SMILES string of the molecule is C[C@H](N)c1nc2ccn(C)c2cc1N1C[C@@H]2C[C@H]1CN2C(=O)OC(C)(C)C. The first-order chi connectivity index (χ1) is 12.6. The number of nitrogens with two attached hydrogens (primary N) is 1. The van der Waals surface area contributed by atoms with Crippen LogP contribution < -0.4 is 10.6 Å². The Morgan fingerprint density at radius 2 is 2.07 bits per heavy atom. The van der Waals surface area contributed by atoms with Crippen molar-refractivity contribution in [2.45, 2.75) is 57.8 Å². The molecule has 0 radical (unpaired) electrons. The number of aryl methyl sites for hydroxylation is 1. The fourth-order valence-electron chi connectivity index (χ4n) is 4.26. The van der Waals surface area contributed by atoms with Crippen molar-refractivity contribution < 1.29 is 9.53 Å². The van der Waals surface area contributed by atoms with E-state index in [1.807, 2.05) is 51.9 Å². The van der Waals surface area contributed by atoms with Gasteiger partial charge < -0.3 is 24.8 Å². The topological polar surface area (TPSA) is 76.6 Å². The molecule has 1 amide bonds. The molecule has 2 aliphatic heterocycles. The molecule has 3 atom stereocenters. The predicted octanol–water partition coefficient (Wildman–Crippen LogP) is 2.79. The zero-order valence-electron chi connectivity index (χ0n) is 16.8. The smallest absolute Gasteiger partial charge is 0.410 e.